The summed E-state index contributed by atoms with van der Waals surface area (Å²) in [5.41, 5.74) is -1.31. The number of aliphatic hydroxyl groups excluding tert-OH is 5. The summed E-state index contributed by atoms with van der Waals surface area (Å²) >= 11 is 0. The van der Waals surface area contributed by atoms with Crippen molar-refractivity contribution in [1.82, 2.24) is 0 Å². The standard InChI is InChI=1S/C41H64O14/c1-19-35(46)28(42)16-33(50-19)54-37-21(3)52-34(18-30(37)44)55-36-20(2)51-32(17-29(36)43)53-23-8-11-39(4)22(14-23)6-7-26-27(39)15-31(45)40(5)25(9-12-41(26,40)48)24-10-13-49-38(24)47/h10,19-23,25-37,42-46,48H,6-9,11-18H2,1-5H3/t19-,20-,21-,22-,23+,25-,26-,27+,28+,29+,30+,31-,32+,33+,34+,35-,36-,37-,39+,40+,41+/m1/s1. The third-order valence-electron chi connectivity index (χ3n) is 15.9. The summed E-state index contributed by atoms with van der Waals surface area (Å²) in [5, 5.41) is 66.9. The molecule has 3 saturated heterocycles. The van der Waals surface area contributed by atoms with Crippen molar-refractivity contribution in [3.05, 3.63) is 11.6 Å². The Balaban J connectivity index is 0.839. The first kappa shape index (κ1) is 40.5. The first-order chi connectivity index (χ1) is 26.0. The van der Waals surface area contributed by atoms with E-state index in [2.05, 4.69) is 6.92 Å². The number of hydrogen-bond donors (Lipinski definition) is 6. The van der Waals surface area contributed by atoms with Crippen LogP contribution in [0.3, 0.4) is 0 Å². The normalized spacial score (nSPS) is 55.5. The molecule has 312 valence electrons. The zero-order valence-electron chi connectivity index (χ0n) is 32.9. The van der Waals surface area contributed by atoms with E-state index >= 15 is 0 Å². The lowest BCUT2D eigenvalue weighted by atomic mass is 9.42. The minimum atomic E-state index is -1.06. The van der Waals surface area contributed by atoms with Crippen LogP contribution < -0.4 is 0 Å². The van der Waals surface area contributed by atoms with Crippen LogP contribution in [-0.4, -0.2) is 135 Å². The Labute approximate surface area is 323 Å². The summed E-state index contributed by atoms with van der Waals surface area (Å²) < 4.78 is 42.1. The molecule has 4 saturated carbocycles. The third kappa shape index (κ3) is 6.85. The van der Waals surface area contributed by atoms with E-state index in [-0.39, 0.29) is 61.1 Å². The molecule has 6 N–H and O–H groups in total. The van der Waals surface area contributed by atoms with Crippen molar-refractivity contribution in [2.75, 3.05) is 6.61 Å². The fourth-order valence-electron chi connectivity index (χ4n) is 12.7. The number of aliphatic hydroxyl groups is 6. The smallest absolute Gasteiger partial charge is 0.334 e. The van der Waals surface area contributed by atoms with Crippen LogP contribution in [0.1, 0.15) is 105 Å². The van der Waals surface area contributed by atoms with Crippen LogP contribution in [-0.2, 0) is 38.0 Å². The maximum absolute atomic E-state index is 12.6. The Morgan fingerprint density at radius 3 is 1.87 bits per heavy atom. The summed E-state index contributed by atoms with van der Waals surface area (Å²) in [4.78, 5) is 12.6. The molecular formula is C41H64O14. The predicted octanol–water partition coefficient (Wildman–Crippen LogP) is 2.22. The SMILES string of the molecule is C[C@H]1O[C@@H](O[C@H]2[C@@H](O)C[C@H](O[C@H]3[C@@H](O)C[C@H](O[C@H]4CC[C@@]5(C)[C@H](CC[C@@H]6[C@@H]5C[C@@H](O)[C@]5(C)[C@@H](C7=CCOC7=O)CC[C@]65O)C4)O[C@@H]3C)O[C@@H]2C)C[C@H](O)[C@@H]1O. The van der Waals surface area contributed by atoms with Gasteiger partial charge in [0, 0.05) is 36.2 Å². The Morgan fingerprint density at radius 1 is 0.691 bits per heavy atom. The van der Waals surface area contributed by atoms with Gasteiger partial charge >= 0.3 is 5.97 Å². The summed E-state index contributed by atoms with van der Waals surface area (Å²) in [6, 6.07) is 0. The first-order valence-corrected chi connectivity index (χ1v) is 21.0. The van der Waals surface area contributed by atoms with E-state index in [0.717, 1.165) is 32.1 Å². The van der Waals surface area contributed by atoms with Gasteiger partial charge in [0.1, 0.15) is 24.9 Å². The minimum Gasteiger partial charge on any atom is -0.458 e. The molecule has 14 heteroatoms. The molecule has 0 radical (unpaired) electrons. The van der Waals surface area contributed by atoms with Gasteiger partial charge in [0.25, 0.3) is 0 Å². The first-order valence-electron chi connectivity index (χ1n) is 21.0. The van der Waals surface area contributed by atoms with E-state index in [1.165, 1.54) is 0 Å². The fraction of sp³-hybridized carbons (Fsp3) is 0.927. The van der Waals surface area contributed by atoms with Crippen LogP contribution in [0.2, 0.25) is 0 Å². The molecule has 21 atom stereocenters. The van der Waals surface area contributed by atoms with Gasteiger partial charge < -0.3 is 63.8 Å². The largest absolute Gasteiger partial charge is 0.458 e. The zero-order valence-corrected chi connectivity index (χ0v) is 32.9. The molecule has 0 aromatic heterocycles. The number of rotatable bonds is 7. The maximum atomic E-state index is 12.6. The number of carbonyl (C=O) groups is 1. The van der Waals surface area contributed by atoms with Gasteiger partial charge in [-0.1, -0.05) is 13.8 Å². The zero-order chi connectivity index (χ0) is 39.2. The van der Waals surface area contributed by atoms with E-state index in [9.17, 15) is 35.4 Å². The van der Waals surface area contributed by atoms with Gasteiger partial charge in [-0.2, -0.15) is 0 Å². The van der Waals surface area contributed by atoms with E-state index in [4.69, 9.17) is 33.2 Å². The van der Waals surface area contributed by atoms with E-state index < -0.39 is 90.9 Å². The molecule has 0 unspecified atom stereocenters. The lowest BCUT2D eigenvalue weighted by Crippen LogP contribution is -2.67. The van der Waals surface area contributed by atoms with Crippen molar-refractivity contribution in [3.63, 3.8) is 0 Å². The molecule has 8 aliphatic rings. The highest BCUT2D eigenvalue weighted by Crippen LogP contribution is 2.70. The molecule has 0 aromatic rings. The molecule has 4 aliphatic heterocycles. The molecule has 8 rings (SSSR count). The highest BCUT2D eigenvalue weighted by Gasteiger charge is 2.71. The van der Waals surface area contributed by atoms with Crippen LogP contribution in [0.25, 0.3) is 0 Å². The van der Waals surface area contributed by atoms with E-state index in [1.54, 1.807) is 13.8 Å². The van der Waals surface area contributed by atoms with Crippen LogP contribution in [0.4, 0.5) is 0 Å². The minimum absolute atomic E-state index is 0.0478. The van der Waals surface area contributed by atoms with Crippen molar-refractivity contribution in [1.29, 1.82) is 0 Å². The molecule has 0 amide bonds. The summed E-state index contributed by atoms with van der Waals surface area (Å²) in [7, 11) is 0. The molecule has 4 heterocycles. The molecule has 0 aromatic carbocycles. The second-order valence-corrected chi connectivity index (χ2v) is 18.7. The summed E-state index contributed by atoms with van der Waals surface area (Å²) in [6.07, 6.45) is -1.52. The lowest BCUT2D eigenvalue weighted by Gasteiger charge is -2.65. The molecule has 7 fully saturated rings. The van der Waals surface area contributed by atoms with Crippen LogP contribution in [0.5, 0.6) is 0 Å². The third-order valence-corrected chi connectivity index (χ3v) is 15.9. The molecule has 55 heavy (non-hydrogen) atoms. The molecule has 14 nitrogen and oxygen atoms in total. The van der Waals surface area contributed by atoms with Crippen LogP contribution in [0.15, 0.2) is 11.6 Å². The van der Waals surface area contributed by atoms with Gasteiger partial charge in [0.2, 0.25) is 0 Å². The predicted molar refractivity (Wildman–Crippen MR) is 193 cm³/mol. The average Bonchev–Trinajstić information content (AvgIpc) is 3.67. The fourth-order valence-corrected chi connectivity index (χ4v) is 12.7. The number of hydrogen-bond acceptors (Lipinski definition) is 14. The van der Waals surface area contributed by atoms with Crippen molar-refractivity contribution < 1.29 is 68.6 Å². The highest BCUT2D eigenvalue weighted by molar-refractivity contribution is 5.91. The molecule has 0 bridgehead atoms. The summed E-state index contributed by atoms with van der Waals surface area (Å²) in [5.74, 6) is 0.0316. The Bertz CT molecular complexity index is 1410. The Morgan fingerprint density at radius 2 is 1.29 bits per heavy atom. The van der Waals surface area contributed by atoms with Crippen molar-refractivity contribution in [2.45, 2.75) is 197 Å². The monoisotopic (exact) mass is 780 g/mol. The number of esters is 1. The average molecular weight is 781 g/mol. The van der Waals surface area contributed by atoms with Gasteiger partial charge in [-0.05, 0) is 101 Å². The van der Waals surface area contributed by atoms with E-state index in [0.29, 0.717) is 30.8 Å². The second-order valence-electron chi connectivity index (χ2n) is 18.7. The Hall–Kier alpha value is -1.27. The molecule has 0 spiro atoms. The number of carbonyl (C=O) groups excluding carboxylic acids is 1. The van der Waals surface area contributed by atoms with Gasteiger partial charge in [-0.15, -0.1) is 0 Å². The summed E-state index contributed by atoms with van der Waals surface area (Å²) in [6.45, 7) is 9.86. The Kier molecular flexibility index (Phi) is 11.1. The van der Waals surface area contributed by atoms with Gasteiger partial charge in [-0.3, -0.25) is 0 Å². The van der Waals surface area contributed by atoms with Crippen LogP contribution >= 0.6 is 0 Å². The van der Waals surface area contributed by atoms with Crippen molar-refractivity contribution >= 4 is 5.97 Å². The highest BCUT2D eigenvalue weighted by atomic mass is 16.7. The van der Waals surface area contributed by atoms with Gasteiger partial charge in [-0.25, -0.2) is 4.79 Å². The second kappa shape index (κ2) is 15.1. The van der Waals surface area contributed by atoms with Crippen molar-refractivity contribution in [2.24, 2.45) is 34.5 Å². The molecule has 4 aliphatic carbocycles. The van der Waals surface area contributed by atoms with Gasteiger partial charge in [0.05, 0.1) is 54.4 Å². The lowest BCUT2D eigenvalue weighted by molar-refractivity contribution is -0.336. The quantitative estimate of drug-likeness (QED) is 0.162. The number of fused-ring (bicyclic) bond motifs is 5. The van der Waals surface area contributed by atoms with E-state index in [1.807, 2.05) is 19.9 Å². The topological polar surface area (TPSA) is 203 Å². The molecular weight excluding hydrogens is 716 g/mol. The van der Waals surface area contributed by atoms with Crippen molar-refractivity contribution in [3.8, 4) is 0 Å². The number of ether oxygens (including phenoxy) is 7. The van der Waals surface area contributed by atoms with Crippen LogP contribution in [0, 0.1) is 34.5 Å². The van der Waals surface area contributed by atoms with Gasteiger partial charge in [0.15, 0.2) is 18.9 Å². The number of cyclic esters (lactones) is 1. The maximum Gasteiger partial charge on any atom is 0.334 e.